The largest absolute Gasteiger partial charge is 0.436 e. The van der Waals surface area contributed by atoms with Gasteiger partial charge in [0, 0.05) is 10.9 Å². The van der Waals surface area contributed by atoms with Gasteiger partial charge in [0.2, 0.25) is 0 Å². The molecule has 1 atom stereocenters. The molecule has 90 valence electrons. The van der Waals surface area contributed by atoms with Crippen molar-refractivity contribution in [3.05, 3.63) is 30.3 Å². The molecule has 0 saturated carbocycles. The standard InChI is InChI=1S/C12H19O2PS/c1-5-15(13,16-12(2,3)4)14-11-9-7-6-8-10-11/h6-10H,5H2,1-4H3. The molecule has 1 unspecified atom stereocenters. The summed E-state index contributed by atoms with van der Waals surface area (Å²) in [7, 11) is 0. The summed E-state index contributed by atoms with van der Waals surface area (Å²) in [5.74, 6) is 0.685. The van der Waals surface area contributed by atoms with Crippen LogP contribution in [0.2, 0.25) is 0 Å². The molecule has 1 rings (SSSR count). The molecule has 0 N–H and O–H groups in total. The van der Waals surface area contributed by atoms with E-state index in [9.17, 15) is 4.57 Å². The second kappa shape index (κ2) is 5.29. The Morgan fingerprint density at radius 2 is 1.81 bits per heavy atom. The molecular weight excluding hydrogens is 239 g/mol. The zero-order chi connectivity index (χ0) is 12.2. The van der Waals surface area contributed by atoms with E-state index >= 15 is 0 Å². The Morgan fingerprint density at radius 3 is 2.25 bits per heavy atom. The lowest BCUT2D eigenvalue weighted by Gasteiger charge is -2.25. The van der Waals surface area contributed by atoms with Crippen molar-refractivity contribution in [1.82, 2.24) is 0 Å². The van der Waals surface area contributed by atoms with E-state index in [1.54, 1.807) is 0 Å². The summed E-state index contributed by atoms with van der Waals surface area (Å²) in [5, 5.41) is 0. The molecular formula is C12H19O2PS. The lowest BCUT2D eigenvalue weighted by atomic mass is 10.3. The minimum atomic E-state index is -2.63. The van der Waals surface area contributed by atoms with Crippen LogP contribution < -0.4 is 4.52 Å². The van der Waals surface area contributed by atoms with E-state index in [1.807, 2.05) is 58.0 Å². The van der Waals surface area contributed by atoms with Gasteiger partial charge in [0.1, 0.15) is 5.75 Å². The molecule has 0 aliphatic carbocycles. The minimum absolute atomic E-state index is 0.0552. The quantitative estimate of drug-likeness (QED) is 0.725. The van der Waals surface area contributed by atoms with E-state index in [2.05, 4.69) is 0 Å². The number of hydrogen-bond acceptors (Lipinski definition) is 3. The third kappa shape index (κ3) is 4.63. The highest BCUT2D eigenvalue weighted by atomic mass is 32.7. The fraction of sp³-hybridized carbons (Fsp3) is 0.500. The van der Waals surface area contributed by atoms with Crippen molar-refractivity contribution in [2.45, 2.75) is 32.4 Å². The first kappa shape index (κ1) is 13.7. The van der Waals surface area contributed by atoms with E-state index in [0.717, 1.165) is 0 Å². The second-order valence-corrected chi connectivity index (χ2v) is 10.2. The Kier molecular flexibility index (Phi) is 4.52. The van der Waals surface area contributed by atoms with Crippen molar-refractivity contribution in [3.63, 3.8) is 0 Å². The zero-order valence-electron chi connectivity index (χ0n) is 10.3. The Morgan fingerprint density at radius 1 is 1.25 bits per heavy atom. The predicted octanol–water partition coefficient (Wildman–Crippen LogP) is 4.81. The lowest BCUT2D eigenvalue weighted by molar-refractivity contribution is 0.500. The minimum Gasteiger partial charge on any atom is -0.436 e. The molecule has 16 heavy (non-hydrogen) atoms. The van der Waals surface area contributed by atoms with Gasteiger partial charge in [-0.2, -0.15) is 0 Å². The first-order valence-corrected chi connectivity index (χ1v) is 8.62. The van der Waals surface area contributed by atoms with Crippen molar-refractivity contribution < 1.29 is 9.09 Å². The van der Waals surface area contributed by atoms with Crippen molar-refractivity contribution in [3.8, 4) is 5.75 Å². The predicted molar refractivity (Wildman–Crippen MR) is 72.6 cm³/mol. The average Bonchev–Trinajstić information content (AvgIpc) is 2.16. The molecule has 0 radical (unpaired) electrons. The van der Waals surface area contributed by atoms with Crippen LogP contribution in [0.1, 0.15) is 27.7 Å². The molecule has 1 aromatic carbocycles. The van der Waals surface area contributed by atoms with Gasteiger partial charge >= 0.3 is 6.57 Å². The van der Waals surface area contributed by atoms with Crippen LogP contribution in [-0.2, 0) is 4.57 Å². The van der Waals surface area contributed by atoms with Gasteiger partial charge in [0.05, 0.1) is 0 Å². The fourth-order valence-electron chi connectivity index (χ4n) is 1.21. The van der Waals surface area contributed by atoms with Gasteiger partial charge in [-0.3, -0.25) is 4.57 Å². The number of benzene rings is 1. The summed E-state index contributed by atoms with van der Waals surface area (Å²) < 4.78 is 18.1. The smallest absolute Gasteiger partial charge is 0.303 e. The van der Waals surface area contributed by atoms with Crippen LogP contribution in [0.15, 0.2) is 30.3 Å². The Bertz CT molecular complexity index is 370. The van der Waals surface area contributed by atoms with E-state index in [1.165, 1.54) is 11.4 Å². The lowest BCUT2D eigenvalue weighted by Crippen LogP contribution is -2.09. The first-order chi connectivity index (χ1) is 7.35. The Balaban J connectivity index is 2.79. The van der Waals surface area contributed by atoms with Crippen LogP contribution >= 0.6 is 18.0 Å². The van der Waals surface area contributed by atoms with Crippen LogP contribution in [0.4, 0.5) is 0 Å². The van der Waals surface area contributed by atoms with Crippen LogP contribution in [0.5, 0.6) is 5.75 Å². The van der Waals surface area contributed by atoms with Gasteiger partial charge in [-0.25, -0.2) is 0 Å². The second-order valence-electron chi connectivity index (χ2n) is 4.54. The van der Waals surface area contributed by atoms with Gasteiger partial charge in [-0.05, 0) is 12.1 Å². The summed E-state index contributed by atoms with van der Waals surface area (Å²) in [6.07, 6.45) is 0.545. The average molecular weight is 258 g/mol. The maximum Gasteiger partial charge on any atom is 0.303 e. The number of rotatable bonds is 4. The first-order valence-electron chi connectivity index (χ1n) is 5.39. The fourth-order valence-corrected chi connectivity index (χ4v) is 6.04. The van der Waals surface area contributed by atoms with E-state index in [4.69, 9.17) is 4.52 Å². The summed E-state index contributed by atoms with van der Waals surface area (Å²) in [6.45, 7) is 5.43. The third-order valence-corrected chi connectivity index (χ3v) is 7.35. The van der Waals surface area contributed by atoms with Crippen molar-refractivity contribution in [2.24, 2.45) is 0 Å². The highest BCUT2D eigenvalue weighted by Gasteiger charge is 2.30. The zero-order valence-corrected chi connectivity index (χ0v) is 12.0. The van der Waals surface area contributed by atoms with Crippen LogP contribution in [-0.4, -0.2) is 10.9 Å². The Hall–Kier alpha value is -0.400. The van der Waals surface area contributed by atoms with Crippen molar-refractivity contribution in [1.29, 1.82) is 0 Å². The SMILES string of the molecule is CCP(=O)(Oc1ccccc1)SC(C)(C)C. The molecule has 1 aromatic rings. The van der Waals surface area contributed by atoms with Crippen LogP contribution in [0.25, 0.3) is 0 Å². The molecule has 0 fully saturated rings. The molecule has 0 aliphatic rings. The highest BCUT2D eigenvalue weighted by molar-refractivity contribution is 8.57. The molecule has 0 aromatic heterocycles. The summed E-state index contributed by atoms with van der Waals surface area (Å²) in [5.41, 5.74) is 0. The molecule has 0 aliphatic heterocycles. The van der Waals surface area contributed by atoms with E-state index < -0.39 is 6.57 Å². The molecule has 0 saturated heterocycles. The topological polar surface area (TPSA) is 26.3 Å². The molecule has 0 bridgehead atoms. The van der Waals surface area contributed by atoms with Crippen molar-refractivity contribution in [2.75, 3.05) is 6.16 Å². The number of para-hydroxylation sites is 1. The van der Waals surface area contributed by atoms with E-state index in [-0.39, 0.29) is 4.75 Å². The van der Waals surface area contributed by atoms with Crippen molar-refractivity contribution >= 4 is 18.0 Å². The Labute approximate surface area is 102 Å². The summed E-state index contributed by atoms with van der Waals surface area (Å²) in [6, 6.07) is 9.37. The summed E-state index contributed by atoms with van der Waals surface area (Å²) in [4.78, 5) is 0. The van der Waals surface area contributed by atoms with Crippen LogP contribution in [0, 0.1) is 0 Å². The van der Waals surface area contributed by atoms with Crippen LogP contribution in [0.3, 0.4) is 0 Å². The van der Waals surface area contributed by atoms with Gasteiger partial charge in [-0.15, -0.1) is 0 Å². The van der Waals surface area contributed by atoms with Gasteiger partial charge in [0.15, 0.2) is 0 Å². The normalized spacial score (nSPS) is 15.5. The number of hydrogen-bond donors (Lipinski definition) is 0. The highest BCUT2D eigenvalue weighted by Crippen LogP contribution is 2.63. The third-order valence-electron chi connectivity index (χ3n) is 1.79. The van der Waals surface area contributed by atoms with E-state index in [0.29, 0.717) is 11.9 Å². The molecule has 4 heteroatoms. The molecule has 0 spiro atoms. The van der Waals surface area contributed by atoms with Gasteiger partial charge in [0.25, 0.3) is 0 Å². The summed E-state index contributed by atoms with van der Waals surface area (Å²) >= 11 is 1.43. The van der Waals surface area contributed by atoms with Gasteiger partial charge in [-0.1, -0.05) is 57.3 Å². The maximum atomic E-state index is 12.5. The molecule has 2 nitrogen and oxygen atoms in total. The monoisotopic (exact) mass is 258 g/mol. The molecule has 0 amide bonds. The maximum absolute atomic E-state index is 12.5. The van der Waals surface area contributed by atoms with Gasteiger partial charge < -0.3 is 4.52 Å². The molecule has 0 heterocycles.